The van der Waals surface area contributed by atoms with Gasteiger partial charge in [-0.05, 0) is 13.3 Å². The minimum absolute atomic E-state index is 0.0395. The van der Waals surface area contributed by atoms with Crippen molar-refractivity contribution in [2.24, 2.45) is 10.9 Å². The number of fused-ring (bicyclic) bond motifs is 1. The molecule has 1 aromatic rings. The van der Waals surface area contributed by atoms with Gasteiger partial charge in [0.05, 0.1) is 12.2 Å². The Morgan fingerprint density at radius 2 is 2.19 bits per heavy atom. The monoisotopic (exact) mass is 404 g/mol. The number of aliphatic imine (C=N–C) groups is 1. The highest BCUT2D eigenvalue weighted by molar-refractivity contribution is 8.13. The van der Waals surface area contributed by atoms with Gasteiger partial charge in [0.2, 0.25) is 0 Å². The van der Waals surface area contributed by atoms with Gasteiger partial charge in [0.1, 0.15) is 23.0 Å². The maximum atomic E-state index is 13.4. The third-order valence-corrected chi connectivity index (χ3v) is 6.58. The number of amidine groups is 1. The van der Waals surface area contributed by atoms with Gasteiger partial charge in [-0.15, -0.1) is 11.3 Å². The SMILES string of the molecule is C[C@]1(CF)C[C@H]2CSC(N(C(=O)O)C(=O)O)=N[C@@]2(c2nc(N)cs2)CO1. The van der Waals surface area contributed by atoms with Crippen molar-refractivity contribution in [2.75, 3.05) is 24.8 Å². The topological polar surface area (TPSA) is 138 Å². The summed E-state index contributed by atoms with van der Waals surface area (Å²) in [4.78, 5) is 31.5. The van der Waals surface area contributed by atoms with Gasteiger partial charge >= 0.3 is 12.2 Å². The Morgan fingerprint density at radius 1 is 1.50 bits per heavy atom. The summed E-state index contributed by atoms with van der Waals surface area (Å²) < 4.78 is 19.1. The van der Waals surface area contributed by atoms with E-state index in [0.29, 0.717) is 17.2 Å². The van der Waals surface area contributed by atoms with Crippen LogP contribution >= 0.6 is 23.1 Å². The van der Waals surface area contributed by atoms with Crippen molar-refractivity contribution in [1.82, 2.24) is 9.88 Å². The van der Waals surface area contributed by atoms with Crippen molar-refractivity contribution in [3.63, 3.8) is 0 Å². The van der Waals surface area contributed by atoms with E-state index in [2.05, 4.69) is 9.98 Å². The van der Waals surface area contributed by atoms with Crippen molar-refractivity contribution in [1.29, 1.82) is 0 Å². The van der Waals surface area contributed by atoms with Crippen LogP contribution in [-0.4, -0.2) is 62.1 Å². The molecule has 26 heavy (non-hydrogen) atoms. The van der Waals surface area contributed by atoms with E-state index in [-0.39, 0.29) is 28.4 Å². The number of imide groups is 1. The second-order valence-corrected chi connectivity index (χ2v) is 8.23. The van der Waals surface area contributed by atoms with Gasteiger partial charge in [-0.25, -0.2) is 24.0 Å². The molecule has 12 heteroatoms. The van der Waals surface area contributed by atoms with Crippen LogP contribution in [0.5, 0.6) is 0 Å². The normalized spacial score (nSPS) is 31.0. The molecule has 142 valence electrons. The number of nitrogens with zero attached hydrogens (tertiary/aromatic N) is 3. The summed E-state index contributed by atoms with van der Waals surface area (Å²) in [5.41, 5.74) is 3.66. The van der Waals surface area contributed by atoms with Crippen LogP contribution in [0, 0.1) is 5.92 Å². The van der Waals surface area contributed by atoms with Crippen LogP contribution in [0.25, 0.3) is 0 Å². The summed E-state index contributed by atoms with van der Waals surface area (Å²) in [6.45, 7) is 0.956. The number of nitrogens with two attached hydrogens (primary N) is 1. The summed E-state index contributed by atoms with van der Waals surface area (Å²) in [6, 6.07) is 0. The number of ether oxygens (including phenoxy) is 1. The molecule has 0 saturated carbocycles. The lowest BCUT2D eigenvalue weighted by molar-refractivity contribution is -0.129. The number of anilines is 1. The van der Waals surface area contributed by atoms with E-state index in [4.69, 9.17) is 10.5 Å². The molecule has 4 N–H and O–H groups in total. The van der Waals surface area contributed by atoms with Crippen LogP contribution in [0.1, 0.15) is 18.4 Å². The Morgan fingerprint density at radius 3 is 2.73 bits per heavy atom. The van der Waals surface area contributed by atoms with Gasteiger partial charge in [0, 0.05) is 17.1 Å². The van der Waals surface area contributed by atoms with Crippen LogP contribution in [0.15, 0.2) is 10.4 Å². The molecule has 0 aromatic carbocycles. The average Bonchev–Trinajstić information content (AvgIpc) is 3.01. The smallest absolute Gasteiger partial charge is 0.423 e. The average molecular weight is 404 g/mol. The predicted octanol–water partition coefficient (Wildman–Crippen LogP) is 2.45. The quantitative estimate of drug-likeness (QED) is 0.683. The van der Waals surface area contributed by atoms with E-state index in [1.54, 1.807) is 12.3 Å². The van der Waals surface area contributed by atoms with Gasteiger partial charge in [-0.1, -0.05) is 11.8 Å². The molecule has 0 aliphatic carbocycles. The molecule has 3 heterocycles. The first-order valence-electron chi connectivity index (χ1n) is 7.61. The van der Waals surface area contributed by atoms with Crippen molar-refractivity contribution in [2.45, 2.75) is 24.5 Å². The van der Waals surface area contributed by atoms with E-state index in [1.807, 2.05) is 0 Å². The third kappa shape index (κ3) is 3.12. The highest BCUT2D eigenvalue weighted by Crippen LogP contribution is 2.50. The number of rotatable bonds is 2. The molecule has 1 saturated heterocycles. The Balaban J connectivity index is 2.09. The van der Waals surface area contributed by atoms with Crippen LogP contribution in [0.2, 0.25) is 0 Å². The predicted molar refractivity (Wildman–Crippen MR) is 94.4 cm³/mol. The molecule has 1 fully saturated rings. The molecule has 2 aliphatic rings. The molecular formula is C14H17FN4O5S2. The van der Waals surface area contributed by atoms with Gasteiger partial charge in [0.15, 0.2) is 5.17 Å². The number of halogens is 1. The van der Waals surface area contributed by atoms with Crippen LogP contribution in [-0.2, 0) is 10.3 Å². The van der Waals surface area contributed by atoms with Gasteiger partial charge in [-0.3, -0.25) is 0 Å². The van der Waals surface area contributed by atoms with Gasteiger partial charge in [0.25, 0.3) is 0 Å². The molecule has 0 radical (unpaired) electrons. The summed E-state index contributed by atoms with van der Waals surface area (Å²) in [6.07, 6.45) is -2.96. The summed E-state index contributed by atoms with van der Waals surface area (Å²) in [5, 5.41) is 20.4. The van der Waals surface area contributed by atoms with Crippen molar-refractivity contribution in [3.8, 4) is 0 Å². The lowest BCUT2D eigenvalue weighted by Gasteiger charge is -2.48. The Hall–Kier alpha value is -1.92. The number of carboxylic acid groups (broad SMARTS) is 2. The van der Waals surface area contributed by atoms with E-state index in [1.165, 1.54) is 11.3 Å². The number of thioether (sulfide) groups is 1. The lowest BCUT2D eigenvalue weighted by atomic mass is 9.76. The van der Waals surface area contributed by atoms with Crippen molar-refractivity contribution < 1.29 is 28.9 Å². The number of carbonyl (C=O) groups is 2. The molecule has 3 atom stereocenters. The summed E-state index contributed by atoms with van der Waals surface area (Å²) in [5.74, 6) is 0.426. The largest absolute Gasteiger partial charge is 0.464 e. The molecule has 9 nitrogen and oxygen atoms in total. The first-order chi connectivity index (χ1) is 12.2. The molecular weight excluding hydrogens is 387 g/mol. The number of nitrogen functional groups attached to an aromatic ring is 1. The highest BCUT2D eigenvalue weighted by Gasteiger charge is 2.54. The molecule has 3 rings (SSSR count). The Labute approximate surface area is 156 Å². The zero-order valence-electron chi connectivity index (χ0n) is 13.7. The molecule has 1 aromatic heterocycles. The fourth-order valence-corrected chi connectivity index (χ4v) is 5.25. The van der Waals surface area contributed by atoms with Gasteiger partial charge in [-0.2, -0.15) is 4.90 Å². The molecule has 2 amide bonds. The number of amides is 2. The van der Waals surface area contributed by atoms with E-state index < -0.39 is 30.0 Å². The molecule has 2 aliphatic heterocycles. The number of hydrogen-bond donors (Lipinski definition) is 3. The third-order valence-electron chi connectivity index (χ3n) is 4.45. The minimum atomic E-state index is -1.65. The summed E-state index contributed by atoms with van der Waals surface area (Å²) in [7, 11) is 0. The van der Waals surface area contributed by atoms with Crippen molar-refractivity contribution >= 4 is 46.3 Å². The minimum Gasteiger partial charge on any atom is -0.464 e. The lowest BCUT2D eigenvalue weighted by Crippen LogP contribution is -2.55. The molecule has 0 spiro atoms. The number of hydrogen-bond acceptors (Lipinski definition) is 8. The molecule has 0 unspecified atom stereocenters. The maximum Gasteiger partial charge on any atom is 0.423 e. The van der Waals surface area contributed by atoms with Crippen LogP contribution in [0.3, 0.4) is 0 Å². The Bertz CT molecular complexity index is 760. The number of aromatic nitrogens is 1. The second kappa shape index (κ2) is 6.67. The first-order valence-corrected chi connectivity index (χ1v) is 9.47. The number of thiazole rings is 1. The summed E-state index contributed by atoms with van der Waals surface area (Å²) >= 11 is 2.24. The zero-order chi connectivity index (χ0) is 19.1. The van der Waals surface area contributed by atoms with E-state index >= 15 is 0 Å². The fourth-order valence-electron chi connectivity index (χ4n) is 3.07. The van der Waals surface area contributed by atoms with Crippen LogP contribution < -0.4 is 5.73 Å². The molecule has 0 bridgehead atoms. The number of alkyl halides is 1. The Kier molecular flexibility index (Phi) is 4.84. The highest BCUT2D eigenvalue weighted by atomic mass is 32.2. The van der Waals surface area contributed by atoms with Crippen molar-refractivity contribution in [3.05, 3.63) is 10.4 Å². The van der Waals surface area contributed by atoms with Crippen LogP contribution in [0.4, 0.5) is 19.8 Å². The standard InChI is InChI=1S/C14H17FN4O5S2/c1-13(5-15)2-7-3-26-10(19(11(20)21)12(22)23)18-14(7,6-24-13)9-17-8(16)4-25-9/h4,7H,2-3,5-6,16H2,1H3,(H,20,21)(H,22,23)/t7-,13+,14-/m0/s1. The zero-order valence-corrected chi connectivity index (χ0v) is 15.3. The maximum absolute atomic E-state index is 13.4. The fraction of sp³-hybridized carbons (Fsp3) is 0.571. The van der Waals surface area contributed by atoms with Gasteiger partial charge < -0.3 is 20.7 Å². The van der Waals surface area contributed by atoms with E-state index in [9.17, 15) is 24.2 Å². The second-order valence-electron chi connectivity index (χ2n) is 6.38. The first kappa shape index (κ1) is 18.9. The van der Waals surface area contributed by atoms with E-state index in [0.717, 1.165) is 11.8 Å².